The zero-order chi connectivity index (χ0) is 18.7. The van der Waals surface area contributed by atoms with Gasteiger partial charge in [-0.05, 0) is 29.5 Å². The van der Waals surface area contributed by atoms with E-state index in [1.54, 1.807) is 23.3 Å². The summed E-state index contributed by atoms with van der Waals surface area (Å²) in [6.45, 7) is 1.32. The molecule has 0 N–H and O–H groups in total. The largest absolute Gasteiger partial charge is 0.341 e. The van der Waals surface area contributed by atoms with Gasteiger partial charge in [0.25, 0.3) is 0 Å². The van der Waals surface area contributed by atoms with Crippen LogP contribution in [-0.2, 0) is 29.1 Å². The molecule has 3 rings (SSSR count). The molecule has 0 saturated heterocycles. The van der Waals surface area contributed by atoms with Gasteiger partial charge in [0.2, 0.25) is 11.8 Å². The summed E-state index contributed by atoms with van der Waals surface area (Å²) in [5.74, 6) is -1.62. The number of benzene rings is 1. The Balaban J connectivity index is 1.49. The lowest BCUT2D eigenvalue weighted by Crippen LogP contribution is -2.36. The lowest BCUT2D eigenvalue weighted by atomic mass is 10.1. The smallest absolute Gasteiger partial charge is 0.223 e. The van der Waals surface area contributed by atoms with Crippen molar-refractivity contribution >= 4 is 23.2 Å². The number of hydrogen-bond acceptors (Lipinski definition) is 3. The zero-order valence-electron chi connectivity index (χ0n) is 14.5. The van der Waals surface area contributed by atoms with Crippen LogP contribution in [-0.4, -0.2) is 35.2 Å². The number of hydrogen-bond donors (Lipinski definition) is 0. The lowest BCUT2D eigenvalue weighted by molar-refractivity contribution is -0.137. The highest BCUT2D eigenvalue weighted by atomic mass is 32.1. The van der Waals surface area contributed by atoms with E-state index in [1.165, 1.54) is 21.4 Å². The quantitative estimate of drug-likeness (QED) is 0.801. The number of carbonyl (C=O) groups excluding carboxylic acids is 2. The van der Waals surface area contributed by atoms with Gasteiger partial charge in [0, 0.05) is 56.0 Å². The van der Waals surface area contributed by atoms with E-state index < -0.39 is 11.6 Å². The summed E-state index contributed by atoms with van der Waals surface area (Å²) in [6, 6.07) is 5.32. The van der Waals surface area contributed by atoms with Crippen LogP contribution in [0.3, 0.4) is 0 Å². The third kappa shape index (κ3) is 4.27. The van der Waals surface area contributed by atoms with Crippen molar-refractivity contribution in [2.24, 2.45) is 0 Å². The number of halogens is 2. The fourth-order valence-corrected chi connectivity index (χ4v) is 3.91. The predicted octanol–water partition coefficient (Wildman–Crippen LogP) is 3.35. The highest BCUT2D eigenvalue weighted by molar-refractivity contribution is 7.10. The van der Waals surface area contributed by atoms with Crippen molar-refractivity contribution in [1.29, 1.82) is 0 Å². The first-order chi connectivity index (χ1) is 12.4. The van der Waals surface area contributed by atoms with Crippen LogP contribution in [0.1, 0.15) is 28.8 Å². The average Bonchev–Trinajstić information content (AvgIpc) is 3.09. The Hall–Kier alpha value is -2.28. The maximum atomic E-state index is 13.7. The van der Waals surface area contributed by atoms with Gasteiger partial charge in [-0.1, -0.05) is 6.07 Å². The minimum atomic E-state index is -0.680. The van der Waals surface area contributed by atoms with Crippen LogP contribution < -0.4 is 0 Å². The van der Waals surface area contributed by atoms with Gasteiger partial charge in [-0.15, -0.1) is 11.3 Å². The normalized spacial score (nSPS) is 13.4. The zero-order valence-corrected chi connectivity index (χ0v) is 15.3. The second kappa shape index (κ2) is 7.95. The van der Waals surface area contributed by atoms with Crippen LogP contribution in [0.4, 0.5) is 8.78 Å². The van der Waals surface area contributed by atoms with Crippen LogP contribution in [0.15, 0.2) is 29.6 Å². The van der Waals surface area contributed by atoms with E-state index in [0.29, 0.717) is 13.1 Å². The first-order valence-corrected chi connectivity index (χ1v) is 9.33. The topological polar surface area (TPSA) is 40.6 Å². The number of fused-ring (bicyclic) bond motifs is 1. The molecule has 138 valence electrons. The maximum Gasteiger partial charge on any atom is 0.223 e. The second-order valence-electron chi connectivity index (χ2n) is 6.42. The van der Waals surface area contributed by atoms with E-state index in [2.05, 4.69) is 0 Å². The van der Waals surface area contributed by atoms with Gasteiger partial charge in [0.1, 0.15) is 11.6 Å². The van der Waals surface area contributed by atoms with Crippen LogP contribution in [0.5, 0.6) is 0 Å². The van der Waals surface area contributed by atoms with Gasteiger partial charge in [0.05, 0.1) is 0 Å². The third-order valence-corrected chi connectivity index (χ3v) is 5.58. The summed E-state index contributed by atoms with van der Waals surface area (Å²) in [7, 11) is 1.55. The van der Waals surface area contributed by atoms with Crippen molar-refractivity contribution in [2.45, 2.75) is 32.4 Å². The summed E-state index contributed by atoms with van der Waals surface area (Å²) in [5, 5.41) is 2.03. The van der Waals surface area contributed by atoms with Gasteiger partial charge in [-0.25, -0.2) is 8.78 Å². The van der Waals surface area contributed by atoms with Crippen LogP contribution in [0, 0.1) is 11.6 Å². The molecule has 7 heteroatoms. The minimum absolute atomic E-state index is 0.0428. The predicted molar refractivity (Wildman–Crippen MR) is 95.5 cm³/mol. The molecule has 0 aliphatic carbocycles. The Bertz CT molecular complexity index is 822. The molecule has 0 bridgehead atoms. The standard InChI is InChI=1S/C19H20F2N2O2S/c1-22(11-13-2-3-15(20)10-16(13)21)18(24)4-5-19(25)23-8-6-17-14(12-23)7-9-26-17/h2-3,7,9-10H,4-6,8,11-12H2,1H3. The van der Waals surface area contributed by atoms with Crippen molar-refractivity contribution in [3.8, 4) is 0 Å². The molecule has 26 heavy (non-hydrogen) atoms. The summed E-state index contributed by atoms with van der Waals surface area (Å²) in [4.78, 5) is 29.1. The lowest BCUT2D eigenvalue weighted by Gasteiger charge is -2.27. The second-order valence-corrected chi connectivity index (χ2v) is 7.42. The van der Waals surface area contributed by atoms with Crippen LogP contribution >= 0.6 is 11.3 Å². The number of thiophene rings is 1. The summed E-state index contributed by atoms with van der Waals surface area (Å²) in [5.41, 5.74) is 1.43. The van der Waals surface area contributed by atoms with Gasteiger partial charge in [0.15, 0.2) is 0 Å². The van der Waals surface area contributed by atoms with E-state index in [0.717, 1.165) is 18.6 Å². The Morgan fingerprint density at radius 1 is 1.23 bits per heavy atom. The monoisotopic (exact) mass is 378 g/mol. The molecule has 1 aromatic heterocycles. The minimum Gasteiger partial charge on any atom is -0.341 e. The molecule has 2 heterocycles. The van der Waals surface area contributed by atoms with Crippen LogP contribution in [0.2, 0.25) is 0 Å². The molecule has 0 unspecified atom stereocenters. The molecule has 1 aliphatic heterocycles. The molecule has 0 radical (unpaired) electrons. The molecule has 0 fully saturated rings. The van der Waals surface area contributed by atoms with E-state index in [9.17, 15) is 18.4 Å². The van der Waals surface area contributed by atoms with Gasteiger partial charge in [-0.3, -0.25) is 9.59 Å². The molecule has 1 aromatic carbocycles. The Labute approximate surface area is 155 Å². The Morgan fingerprint density at radius 2 is 2.04 bits per heavy atom. The molecule has 1 aliphatic rings. The average molecular weight is 378 g/mol. The Kier molecular flexibility index (Phi) is 5.66. The highest BCUT2D eigenvalue weighted by Gasteiger charge is 2.22. The molecule has 0 spiro atoms. The molecule has 4 nitrogen and oxygen atoms in total. The molecular formula is C19H20F2N2O2S. The fraction of sp³-hybridized carbons (Fsp3) is 0.368. The molecule has 0 atom stereocenters. The highest BCUT2D eigenvalue weighted by Crippen LogP contribution is 2.24. The van der Waals surface area contributed by atoms with Crippen molar-refractivity contribution in [3.63, 3.8) is 0 Å². The van der Waals surface area contributed by atoms with E-state index >= 15 is 0 Å². The number of carbonyl (C=O) groups is 2. The first-order valence-electron chi connectivity index (χ1n) is 8.45. The van der Waals surface area contributed by atoms with Crippen LogP contribution in [0.25, 0.3) is 0 Å². The Morgan fingerprint density at radius 3 is 2.81 bits per heavy atom. The van der Waals surface area contributed by atoms with Crippen molar-refractivity contribution in [3.05, 3.63) is 57.3 Å². The van der Waals surface area contributed by atoms with E-state index in [4.69, 9.17) is 0 Å². The summed E-state index contributed by atoms with van der Waals surface area (Å²) < 4.78 is 26.6. The molecule has 2 amide bonds. The van der Waals surface area contributed by atoms with E-state index in [1.807, 2.05) is 11.4 Å². The number of nitrogens with zero attached hydrogens (tertiary/aromatic N) is 2. The number of rotatable bonds is 5. The van der Waals surface area contributed by atoms with Gasteiger partial charge >= 0.3 is 0 Å². The molecular weight excluding hydrogens is 358 g/mol. The third-order valence-electron chi connectivity index (χ3n) is 4.56. The van der Waals surface area contributed by atoms with E-state index in [-0.39, 0.29) is 36.8 Å². The SMILES string of the molecule is CN(Cc1ccc(F)cc1F)C(=O)CCC(=O)N1CCc2sccc2C1. The number of amides is 2. The van der Waals surface area contributed by atoms with Crippen molar-refractivity contribution in [2.75, 3.05) is 13.6 Å². The summed E-state index contributed by atoms with van der Waals surface area (Å²) >= 11 is 1.71. The fourth-order valence-electron chi connectivity index (χ4n) is 3.02. The molecule has 0 saturated carbocycles. The summed E-state index contributed by atoms with van der Waals surface area (Å²) in [6.07, 6.45) is 1.07. The first kappa shape index (κ1) is 18.5. The maximum absolute atomic E-state index is 13.7. The van der Waals surface area contributed by atoms with Gasteiger partial charge < -0.3 is 9.80 Å². The van der Waals surface area contributed by atoms with Gasteiger partial charge in [-0.2, -0.15) is 0 Å². The molecule has 2 aromatic rings. The van der Waals surface area contributed by atoms with Crippen molar-refractivity contribution < 1.29 is 18.4 Å². The van der Waals surface area contributed by atoms with Crippen molar-refractivity contribution in [1.82, 2.24) is 9.80 Å².